The number of sulfonamides is 1. The number of nitrogens with zero attached hydrogens (tertiary/aromatic N) is 2. The number of rotatable bonds is 6. The van der Waals surface area contributed by atoms with E-state index in [0.29, 0.717) is 6.54 Å². The molecule has 1 atom stereocenters. The summed E-state index contributed by atoms with van der Waals surface area (Å²) in [6.07, 6.45) is 0.744. The lowest BCUT2D eigenvalue weighted by Crippen LogP contribution is -2.48. The third-order valence-electron chi connectivity index (χ3n) is 6.06. The molecule has 8 heteroatoms. The minimum absolute atomic E-state index is 0.0281. The van der Waals surface area contributed by atoms with Gasteiger partial charge in [-0.05, 0) is 79.6 Å². The first kappa shape index (κ1) is 23.6. The van der Waals surface area contributed by atoms with Gasteiger partial charge in [0.15, 0.2) is 0 Å². The Hall–Kier alpha value is -2.55. The van der Waals surface area contributed by atoms with E-state index in [-0.39, 0.29) is 23.4 Å². The minimum Gasteiger partial charge on any atom is -0.330 e. The first-order valence-electron chi connectivity index (χ1n) is 10.9. The van der Waals surface area contributed by atoms with Gasteiger partial charge in [0.2, 0.25) is 15.9 Å². The summed E-state index contributed by atoms with van der Waals surface area (Å²) in [6, 6.07) is 14.1. The van der Waals surface area contributed by atoms with Crippen LogP contribution in [0.2, 0.25) is 0 Å². The van der Waals surface area contributed by atoms with E-state index in [0.717, 1.165) is 35.2 Å². The molecule has 3 aromatic rings. The predicted octanol–water partition coefficient (Wildman–Crippen LogP) is 4.77. The van der Waals surface area contributed by atoms with Crippen LogP contribution < -0.4 is 0 Å². The number of carbonyl (C=O) groups is 1. The van der Waals surface area contributed by atoms with Gasteiger partial charge in [-0.1, -0.05) is 24.3 Å². The number of hydrogen-bond donors (Lipinski definition) is 0. The summed E-state index contributed by atoms with van der Waals surface area (Å²) in [5, 5.41) is 2.04. The van der Waals surface area contributed by atoms with Gasteiger partial charge < -0.3 is 4.90 Å². The second kappa shape index (κ2) is 9.37. The highest BCUT2D eigenvalue weighted by Crippen LogP contribution is 2.39. The first-order valence-corrected chi connectivity index (χ1v) is 13.2. The summed E-state index contributed by atoms with van der Waals surface area (Å²) >= 11 is 1.69. The molecule has 1 aliphatic heterocycles. The van der Waals surface area contributed by atoms with Gasteiger partial charge in [0.25, 0.3) is 0 Å². The summed E-state index contributed by atoms with van der Waals surface area (Å²) in [5.74, 6) is -0.762. The summed E-state index contributed by atoms with van der Waals surface area (Å²) in [7, 11) is -3.97. The molecule has 0 N–H and O–H groups in total. The van der Waals surface area contributed by atoms with Crippen LogP contribution in [0.5, 0.6) is 0 Å². The van der Waals surface area contributed by atoms with E-state index < -0.39 is 21.9 Å². The Morgan fingerprint density at radius 1 is 1.12 bits per heavy atom. The highest BCUT2D eigenvalue weighted by atomic mass is 32.2. The molecular weight excluding hydrogens is 459 g/mol. The van der Waals surface area contributed by atoms with Crippen molar-refractivity contribution in [1.82, 2.24) is 9.21 Å². The number of aryl methyl sites for hydroxylation is 1. The SMILES string of the molecule is Cc1ccccc1C1c2ccsc2CCN1C(=O)CN(C(C)C)S(=O)(=O)c1ccc(F)cc1. The van der Waals surface area contributed by atoms with Gasteiger partial charge in [0.05, 0.1) is 17.5 Å². The second-order valence-corrected chi connectivity index (χ2v) is 11.4. The largest absolute Gasteiger partial charge is 0.330 e. The molecule has 5 nitrogen and oxygen atoms in total. The standard InChI is InChI=1S/C25H27FN2O3S2/c1-17(2)28(33(30,31)20-10-8-19(26)9-11-20)16-24(29)27-14-12-23-22(13-15-32-23)25(27)21-7-5-4-6-18(21)3/h4-11,13,15,17,25H,12,14,16H2,1-3H3. The monoisotopic (exact) mass is 486 g/mol. The first-order chi connectivity index (χ1) is 15.7. The van der Waals surface area contributed by atoms with E-state index in [2.05, 4.69) is 6.07 Å². The van der Waals surface area contributed by atoms with Crippen LogP contribution in [0.4, 0.5) is 4.39 Å². The van der Waals surface area contributed by atoms with Gasteiger partial charge in [0, 0.05) is 17.5 Å². The van der Waals surface area contributed by atoms with Crippen LogP contribution in [0.15, 0.2) is 64.9 Å². The number of thiophene rings is 1. The average Bonchev–Trinajstić information content (AvgIpc) is 3.26. The lowest BCUT2D eigenvalue weighted by atomic mass is 9.90. The predicted molar refractivity (Wildman–Crippen MR) is 128 cm³/mol. The maximum atomic E-state index is 13.6. The van der Waals surface area contributed by atoms with Crippen LogP contribution in [-0.2, 0) is 21.2 Å². The Balaban J connectivity index is 1.68. The fraction of sp³-hybridized carbons (Fsp3) is 0.320. The van der Waals surface area contributed by atoms with Gasteiger partial charge >= 0.3 is 0 Å². The zero-order valence-electron chi connectivity index (χ0n) is 18.9. The Labute approximate surface area is 198 Å². The van der Waals surface area contributed by atoms with E-state index in [1.54, 1.807) is 30.1 Å². The van der Waals surface area contributed by atoms with Gasteiger partial charge in [0.1, 0.15) is 5.82 Å². The van der Waals surface area contributed by atoms with E-state index in [1.807, 2.05) is 36.6 Å². The van der Waals surface area contributed by atoms with Crippen LogP contribution in [0.3, 0.4) is 0 Å². The zero-order chi connectivity index (χ0) is 23.8. The maximum absolute atomic E-state index is 13.6. The smallest absolute Gasteiger partial charge is 0.243 e. The molecule has 1 unspecified atom stereocenters. The average molecular weight is 487 g/mol. The molecule has 4 rings (SSSR count). The molecule has 0 bridgehead atoms. The Bertz CT molecular complexity index is 1250. The molecule has 1 aromatic heterocycles. The Kier molecular flexibility index (Phi) is 6.70. The molecule has 2 heterocycles. The molecular formula is C25H27FN2O3S2. The molecule has 0 saturated carbocycles. The van der Waals surface area contributed by atoms with Crippen molar-refractivity contribution in [3.8, 4) is 0 Å². The molecule has 1 amide bonds. The molecule has 0 radical (unpaired) electrons. The summed E-state index contributed by atoms with van der Waals surface area (Å²) < 4.78 is 41.1. The van der Waals surface area contributed by atoms with E-state index >= 15 is 0 Å². The summed E-state index contributed by atoms with van der Waals surface area (Å²) in [4.78, 5) is 16.7. The zero-order valence-corrected chi connectivity index (χ0v) is 20.5. The van der Waals surface area contributed by atoms with Crippen LogP contribution in [0, 0.1) is 12.7 Å². The van der Waals surface area contributed by atoms with Gasteiger partial charge in [-0.15, -0.1) is 11.3 Å². The Morgan fingerprint density at radius 2 is 1.82 bits per heavy atom. The third kappa shape index (κ3) is 4.60. The quantitative estimate of drug-likeness (QED) is 0.504. The molecule has 2 aromatic carbocycles. The molecule has 0 fully saturated rings. The van der Waals surface area contributed by atoms with Crippen molar-refractivity contribution in [3.05, 3.63) is 87.4 Å². The van der Waals surface area contributed by atoms with E-state index in [4.69, 9.17) is 0 Å². The number of halogens is 1. The number of carbonyl (C=O) groups excluding carboxylic acids is 1. The number of fused-ring (bicyclic) bond motifs is 1. The highest BCUT2D eigenvalue weighted by molar-refractivity contribution is 7.89. The van der Waals surface area contributed by atoms with Crippen LogP contribution in [0.25, 0.3) is 0 Å². The van der Waals surface area contributed by atoms with Crippen molar-refractivity contribution in [2.75, 3.05) is 13.1 Å². The van der Waals surface area contributed by atoms with E-state index in [9.17, 15) is 17.6 Å². The fourth-order valence-electron chi connectivity index (χ4n) is 4.33. The fourth-order valence-corrected chi connectivity index (χ4v) is 6.82. The number of benzene rings is 2. The van der Waals surface area contributed by atoms with Crippen molar-refractivity contribution >= 4 is 27.3 Å². The maximum Gasteiger partial charge on any atom is 0.243 e. The second-order valence-electron chi connectivity index (χ2n) is 8.49. The highest BCUT2D eigenvalue weighted by Gasteiger charge is 2.36. The van der Waals surface area contributed by atoms with Crippen molar-refractivity contribution in [2.24, 2.45) is 0 Å². The van der Waals surface area contributed by atoms with E-state index in [1.165, 1.54) is 21.3 Å². The minimum atomic E-state index is -3.97. The van der Waals surface area contributed by atoms with Gasteiger partial charge in [-0.2, -0.15) is 4.31 Å². The normalized spacial score (nSPS) is 16.3. The lowest BCUT2D eigenvalue weighted by molar-refractivity contribution is -0.133. The number of amides is 1. The summed E-state index contributed by atoms with van der Waals surface area (Å²) in [6.45, 7) is 5.74. The number of hydrogen-bond acceptors (Lipinski definition) is 4. The Morgan fingerprint density at radius 3 is 2.48 bits per heavy atom. The molecule has 174 valence electrons. The van der Waals surface area contributed by atoms with Crippen LogP contribution in [-0.4, -0.2) is 42.7 Å². The molecule has 0 aliphatic carbocycles. The van der Waals surface area contributed by atoms with Gasteiger partial charge in [-0.25, -0.2) is 12.8 Å². The third-order valence-corrected chi connectivity index (χ3v) is 9.09. The van der Waals surface area contributed by atoms with Crippen LogP contribution >= 0.6 is 11.3 Å². The molecule has 0 saturated heterocycles. The van der Waals surface area contributed by atoms with Crippen molar-refractivity contribution in [3.63, 3.8) is 0 Å². The lowest BCUT2D eigenvalue weighted by Gasteiger charge is -2.38. The topological polar surface area (TPSA) is 57.7 Å². The van der Waals surface area contributed by atoms with Crippen molar-refractivity contribution in [1.29, 1.82) is 0 Å². The van der Waals surface area contributed by atoms with Gasteiger partial charge in [-0.3, -0.25) is 4.79 Å². The van der Waals surface area contributed by atoms with Crippen molar-refractivity contribution < 1.29 is 17.6 Å². The molecule has 0 spiro atoms. The van der Waals surface area contributed by atoms with Crippen molar-refractivity contribution in [2.45, 2.75) is 44.2 Å². The molecule has 33 heavy (non-hydrogen) atoms. The summed E-state index contributed by atoms with van der Waals surface area (Å²) in [5.41, 5.74) is 3.23. The molecule has 1 aliphatic rings. The van der Waals surface area contributed by atoms with Crippen LogP contribution in [0.1, 0.15) is 41.5 Å².